The molecule has 2 aromatic heterocycles. The predicted octanol–water partition coefficient (Wildman–Crippen LogP) is 4.01. The van der Waals surface area contributed by atoms with Crippen LogP contribution in [0.15, 0.2) is 46.5 Å². The van der Waals surface area contributed by atoms with Crippen LogP contribution in [0.5, 0.6) is 0 Å². The van der Waals surface area contributed by atoms with Gasteiger partial charge in [-0.25, -0.2) is 9.37 Å². The molecule has 24 heavy (non-hydrogen) atoms. The minimum Gasteiger partial charge on any atom is -0.423 e. The second-order valence-electron chi connectivity index (χ2n) is 5.82. The molecular formula is C16H13ClFN5O. The molecule has 2 N–H and O–H groups in total. The van der Waals surface area contributed by atoms with Crippen LogP contribution in [-0.4, -0.2) is 25.7 Å². The molecule has 0 saturated heterocycles. The first-order chi connectivity index (χ1) is 11.6. The number of aromatic nitrogens is 4. The molecule has 0 fully saturated rings. The molecule has 0 amide bonds. The summed E-state index contributed by atoms with van der Waals surface area (Å²) in [7, 11) is 0. The highest BCUT2D eigenvalue weighted by atomic mass is 35.5. The van der Waals surface area contributed by atoms with E-state index in [-0.39, 0.29) is 17.1 Å². The number of rotatable bonds is 3. The van der Waals surface area contributed by atoms with Crippen molar-refractivity contribution in [2.75, 3.05) is 5.32 Å². The largest absolute Gasteiger partial charge is 0.423 e. The van der Waals surface area contributed by atoms with Gasteiger partial charge in [-0.3, -0.25) is 0 Å². The second-order valence-corrected chi connectivity index (χ2v) is 6.26. The Balaban J connectivity index is 1.86. The van der Waals surface area contributed by atoms with Crippen LogP contribution in [0.1, 0.15) is 13.3 Å². The summed E-state index contributed by atoms with van der Waals surface area (Å²) in [6.07, 6.45) is 8.84. The van der Waals surface area contributed by atoms with Crippen molar-refractivity contribution in [1.29, 1.82) is 0 Å². The number of halogens is 2. The molecule has 122 valence electrons. The number of hydrogen-bond acceptors (Lipinski definition) is 5. The number of H-pyrrole nitrogens is 1. The lowest BCUT2D eigenvalue weighted by Gasteiger charge is -2.30. The van der Waals surface area contributed by atoms with Gasteiger partial charge in [0.25, 0.3) is 0 Å². The smallest absolute Gasteiger partial charge is 0.249 e. The van der Waals surface area contributed by atoms with Crippen molar-refractivity contribution in [2.24, 2.45) is 0 Å². The third-order valence-corrected chi connectivity index (χ3v) is 4.27. The maximum Gasteiger partial charge on any atom is 0.249 e. The number of imidazole rings is 1. The number of aromatic amines is 1. The predicted molar refractivity (Wildman–Crippen MR) is 89.1 cm³/mol. The zero-order valence-electron chi connectivity index (χ0n) is 12.7. The summed E-state index contributed by atoms with van der Waals surface area (Å²) in [4.78, 5) is 6.94. The van der Waals surface area contributed by atoms with E-state index in [1.165, 1.54) is 12.7 Å². The number of hydrogen-bond donors (Lipinski definition) is 2. The molecule has 0 saturated carbocycles. The lowest BCUT2D eigenvalue weighted by molar-refractivity contribution is 0.566. The first-order valence-corrected chi connectivity index (χ1v) is 7.69. The maximum absolute atomic E-state index is 15.1. The van der Waals surface area contributed by atoms with Gasteiger partial charge in [0.2, 0.25) is 12.3 Å². The van der Waals surface area contributed by atoms with Crippen molar-refractivity contribution < 1.29 is 8.81 Å². The molecule has 0 bridgehead atoms. The fourth-order valence-corrected chi connectivity index (χ4v) is 2.85. The molecule has 0 aliphatic heterocycles. The highest BCUT2D eigenvalue weighted by Gasteiger charge is 2.27. The van der Waals surface area contributed by atoms with E-state index >= 15 is 4.39 Å². The second kappa shape index (κ2) is 5.45. The van der Waals surface area contributed by atoms with E-state index in [1.807, 2.05) is 19.1 Å². The molecule has 1 aliphatic carbocycles. The Morgan fingerprint density at radius 2 is 2.33 bits per heavy atom. The fourth-order valence-electron chi connectivity index (χ4n) is 2.71. The molecule has 0 radical (unpaired) electrons. The van der Waals surface area contributed by atoms with Gasteiger partial charge in [0.1, 0.15) is 5.52 Å². The summed E-state index contributed by atoms with van der Waals surface area (Å²) in [6.45, 7) is 1.95. The van der Waals surface area contributed by atoms with E-state index in [0.29, 0.717) is 22.5 Å². The van der Waals surface area contributed by atoms with Crippen molar-refractivity contribution in [3.8, 4) is 11.5 Å². The number of benzene rings is 1. The van der Waals surface area contributed by atoms with Gasteiger partial charge >= 0.3 is 0 Å². The van der Waals surface area contributed by atoms with E-state index < -0.39 is 11.4 Å². The monoisotopic (exact) mass is 345 g/mol. The van der Waals surface area contributed by atoms with Gasteiger partial charge in [-0.05, 0) is 25.5 Å². The molecule has 0 spiro atoms. The Hall–Kier alpha value is -2.67. The van der Waals surface area contributed by atoms with E-state index in [2.05, 4.69) is 25.5 Å². The molecule has 2 heterocycles. The first kappa shape index (κ1) is 14.9. The van der Waals surface area contributed by atoms with Crippen LogP contribution in [0.4, 0.5) is 10.1 Å². The van der Waals surface area contributed by atoms with Gasteiger partial charge < -0.3 is 14.7 Å². The summed E-state index contributed by atoms with van der Waals surface area (Å²) in [5.41, 5.74) is 1.03. The maximum atomic E-state index is 15.1. The zero-order chi connectivity index (χ0) is 16.7. The first-order valence-electron chi connectivity index (χ1n) is 7.31. The van der Waals surface area contributed by atoms with Crippen molar-refractivity contribution >= 4 is 28.3 Å². The number of anilines is 1. The number of nitrogens with zero attached hydrogens (tertiary/aromatic N) is 3. The third kappa shape index (κ3) is 2.46. The van der Waals surface area contributed by atoms with Crippen LogP contribution in [0.3, 0.4) is 0 Å². The molecule has 1 aliphatic rings. The van der Waals surface area contributed by atoms with Crippen LogP contribution in [0.2, 0.25) is 0 Å². The van der Waals surface area contributed by atoms with E-state index in [9.17, 15) is 0 Å². The summed E-state index contributed by atoms with van der Waals surface area (Å²) in [6, 6.07) is 1.74. The molecule has 3 aromatic rings. The Morgan fingerprint density at radius 1 is 1.46 bits per heavy atom. The standard InChI is InChI=1S/C16H13ClFN5O/c1-16(4-2-9(17)3-5-16)22-13-10(15-23-21-8-24-15)6-11-14(12(13)18)20-7-19-11/h2-4,6-8,22H,5H2,1H3,(H,19,20). The molecular weight excluding hydrogens is 333 g/mol. The van der Waals surface area contributed by atoms with Gasteiger partial charge in [0, 0.05) is 5.03 Å². The van der Waals surface area contributed by atoms with E-state index in [4.69, 9.17) is 16.0 Å². The highest BCUT2D eigenvalue weighted by molar-refractivity contribution is 6.31. The highest BCUT2D eigenvalue weighted by Crippen LogP contribution is 2.37. The SMILES string of the molecule is CC1(Nc2c(-c3nnco3)cc3[nH]cnc3c2F)C=CC(Cl)=CC1. The Labute approximate surface area is 141 Å². The van der Waals surface area contributed by atoms with Crippen LogP contribution in [0, 0.1) is 5.82 Å². The van der Waals surface area contributed by atoms with Crippen molar-refractivity contribution in [1.82, 2.24) is 20.2 Å². The summed E-state index contributed by atoms with van der Waals surface area (Å²) < 4.78 is 20.3. The summed E-state index contributed by atoms with van der Waals surface area (Å²) in [5, 5.41) is 11.5. The fraction of sp³-hybridized carbons (Fsp3) is 0.188. The van der Waals surface area contributed by atoms with Gasteiger partial charge in [-0.15, -0.1) is 10.2 Å². The molecule has 1 aromatic carbocycles. The molecule has 8 heteroatoms. The van der Waals surface area contributed by atoms with Crippen molar-refractivity contribution in [3.63, 3.8) is 0 Å². The van der Waals surface area contributed by atoms with Crippen LogP contribution >= 0.6 is 11.6 Å². The van der Waals surface area contributed by atoms with Crippen LogP contribution in [-0.2, 0) is 0 Å². The van der Waals surface area contributed by atoms with Crippen molar-refractivity contribution in [3.05, 3.63) is 47.9 Å². The lowest BCUT2D eigenvalue weighted by atomic mass is 9.92. The normalized spacial score (nSPS) is 20.4. The summed E-state index contributed by atoms with van der Waals surface area (Å²) in [5.74, 6) is -0.248. The Morgan fingerprint density at radius 3 is 3.04 bits per heavy atom. The average molecular weight is 346 g/mol. The quantitative estimate of drug-likeness (QED) is 0.749. The van der Waals surface area contributed by atoms with Crippen molar-refractivity contribution in [2.45, 2.75) is 18.9 Å². The Kier molecular flexibility index (Phi) is 3.38. The third-order valence-electron chi connectivity index (χ3n) is 3.99. The van der Waals surface area contributed by atoms with Crippen LogP contribution in [0.25, 0.3) is 22.5 Å². The topological polar surface area (TPSA) is 79.6 Å². The Bertz CT molecular complexity index is 962. The lowest BCUT2D eigenvalue weighted by Crippen LogP contribution is -2.33. The van der Waals surface area contributed by atoms with E-state index in [0.717, 1.165) is 0 Å². The van der Waals surface area contributed by atoms with Crippen LogP contribution < -0.4 is 5.32 Å². The number of fused-ring (bicyclic) bond motifs is 1. The van der Waals surface area contributed by atoms with Gasteiger partial charge in [0.05, 0.1) is 28.6 Å². The van der Waals surface area contributed by atoms with Gasteiger partial charge in [-0.2, -0.15) is 0 Å². The zero-order valence-corrected chi connectivity index (χ0v) is 13.4. The minimum atomic E-state index is -0.502. The molecule has 4 rings (SSSR count). The minimum absolute atomic E-state index is 0.227. The molecule has 1 unspecified atom stereocenters. The van der Waals surface area contributed by atoms with E-state index in [1.54, 1.807) is 12.1 Å². The summed E-state index contributed by atoms with van der Waals surface area (Å²) >= 11 is 5.98. The number of nitrogens with one attached hydrogen (secondary N) is 2. The van der Waals surface area contributed by atoms with Gasteiger partial charge in [-0.1, -0.05) is 23.8 Å². The van der Waals surface area contributed by atoms with Gasteiger partial charge in [0.15, 0.2) is 5.82 Å². The average Bonchev–Trinajstić information content (AvgIpc) is 3.24. The molecule has 1 atom stereocenters. The molecule has 6 nitrogen and oxygen atoms in total. The number of allylic oxidation sites excluding steroid dienone is 2.